The van der Waals surface area contributed by atoms with Gasteiger partial charge in [-0.1, -0.05) is 13.8 Å². The quantitative estimate of drug-likeness (QED) is 0.650. The number of aromatic nitrogens is 4. The molecule has 2 aliphatic rings. The lowest BCUT2D eigenvalue weighted by Gasteiger charge is -2.29. The van der Waals surface area contributed by atoms with Crippen molar-refractivity contribution in [2.24, 2.45) is 17.1 Å². The highest BCUT2D eigenvalue weighted by atomic mass is 16.2. The van der Waals surface area contributed by atoms with Crippen molar-refractivity contribution in [2.75, 3.05) is 37.4 Å². The summed E-state index contributed by atoms with van der Waals surface area (Å²) in [4.78, 5) is 25.6. The number of nitrogens with two attached hydrogens (primary N) is 1. The molecule has 31 heavy (non-hydrogen) atoms. The number of nitrogens with zero attached hydrogens (tertiary/aromatic N) is 5. The van der Waals surface area contributed by atoms with Crippen LogP contribution in [0.5, 0.6) is 0 Å². The van der Waals surface area contributed by atoms with Crippen LogP contribution in [0.25, 0.3) is 0 Å². The molecule has 1 unspecified atom stereocenters. The van der Waals surface area contributed by atoms with Crippen LogP contribution in [0.15, 0.2) is 18.3 Å². The molecule has 1 atom stereocenters. The first-order valence-corrected chi connectivity index (χ1v) is 11.1. The Morgan fingerprint density at radius 1 is 1.29 bits per heavy atom. The number of nitrogens with one attached hydrogen (secondary N) is 2. The Balaban J connectivity index is 1.42. The molecule has 9 heteroatoms. The third kappa shape index (κ3) is 4.66. The second-order valence-electron chi connectivity index (χ2n) is 9.85. The lowest BCUT2D eigenvalue weighted by molar-refractivity contribution is -0.128. The molecule has 2 aromatic heterocycles. The molecule has 1 amide bonds. The average molecular weight is 427 g/mol. The van der Waals surface area contributed by atoms with E-state index >= 15 is 0 Å². The van der Waals surface area contributed by atoms with Gasteiger partial charge in [0, 0.05) is 45.5 Å². The molecular formula is C22H34N8O. The van der Waals surface area contributed by atoms with E-state index in [0.717, 1.165) is 44.5 Å². The zero-order valence-corrected chi connectivity index (χ0v) is 18.9. The van der Waals surface area contributed by atoms with Crippen LogP contribution >= 0.6 is 0 Å². The average Bonchev–Trinajstić information content (AvgIpc) is 3.24. The Kier molecular flexibility index (Phi) is 5.88. The number of anilines is 3. The number of carbonyl (C=O) groups excluding carboxylic acids is 1. The molecule has 1 saturated heterocycles. The number of carbonyl (C=O) groups is 1. The maximum absolute atomic E-state index is 12.6. The Bertz CT molecular complexity index is 918. The molecule has 0 bridgehead atoms. The summed E-state index contributed by atoms with van der Waals surface area (Å²) in [6.07, 6.45) is 6.26. The number of likely N-dealkylation sites (tertiary alicyclic amines) is 1. The van der Waals surface area contributed by atoms with Gasteiger partial charge < -0.3 is 20.9 Å². The normalized spacial score (nSPS) is 25.6. The van der Waals surface area contributed by atoms with E-state index in [9.17, 15) is 4.79 Å². The molecule has 1 aliphatic heterocycles. The zero-order valence-electron chi connectivity index (χ0n) is 18.9. The molecule has 0 radical (unpaired) electrons. The van der Waals surface area contributed by atoms with Gasteiger partial charge in [0.05, 0.1) is 11.6 Å². The third-order valence-corrected chi connectivity index (χ3v) is 6.62. The molecule has 0 spiro atoms. The minimum Gasteiger partial charge on any atom is -0.345 e. The van der Waals surface area contributed by atoms with Crippen LogP contribution in [-0.2, 0) is 4.79 Å². The molecule has 2 aromatic rings. The van der Waals surface area contributed by atoms with E-state index in [4.69, 9.17) is 5.73 Å². The SMILES string of the molecule is CN1CC(C)(C)C(c2cc(Nc3ccnc(N(C)CC4CCC(N)CC4)n3)n[nH]2)C1=O. The van der Waals surface area contributed by atoms with Crippen LogP contribution in [0, 0.1) is 11.3 Å². The van der Waals surface area contributed by atoms with Crippen molar-refractivity contribution in [3.8, 4) is 0 Å². The van der Waals surface area contributed by atoms with Gasteiger partial charge in [-0.2, -0.15) is 10.1 Å². The van der Waals surface area contributed by atoms with Crippen molar-refractivity contribution in [1.82, 2.24) is 25.1 Å². The van der Waals surface area contributed by atoms with Gasteiger partial charge in [-0.25, -0.2) is 4.98 Å². The molecule has 1 saturated carbocycles. The Morgan fingerprint density at radius 3 is 2.71 bits per heavy atom. The van der Waals surface area contributed by atoms with Crippen LogP contribution in [0.2, 0.25) is 0 Å². The summed E-state index contributed by atoms with van der Waals surface area (Å²) >= 11 is 0. The van der Waals surface area contributed by atoms with Gasteiger partial charge in [0.1, 0.15) is 5.82 Å². The van der Waals surface area contributed by atoms with Crippen molar-refractivity contribution in [1.29, 1.82) is 0 Å². The van der Waals surface area contributed by atoms with Gasteiger partial charge in [-0.3, -0.25) is 9.89 Å². The van der Waals surface area contributed by atoms with E-state index in [1.807, 2.05) is 26.2 Å². The highest BCUT2D eigenvalue weighted by molar-refractivity contribution is 5.86. The Morgan fingerprint density at radius 2 is 2.03 bits per heavy atom. The number of likely N-dealkylation sites (N-methyl/N-ethyl adjacent to an activating group) is 1. The van der Waals surface area contributed by atoms with E-state index in [1.165, 1.54) is 0 Å². The molecular weight excluding hydrogens is 392 g/mol. The van der Waals surface area contributed by atoms with Crippen molar-refractivity contribution >= 4 is 23.5 Å². The molecule has 168 valence electrons. The van der Waals surface area contributed by atoms with Crippen LogP contribution < -0.4 is 16.0 Å². The van der Waals surface area contributed by atoms with Gasteiger partial charge in [-0.05, 0) is 43.1 Å². The minimum absolute atomic E-state index is 0.120. The molecule has 4 N–H and O–H groups in total. The summed E-state index contributed by atoms with van der Waals surface area (Å²) in [7, 11) is 3.88. The predicted octanol–water partition coefficient (Wildman–Crippen LogP) is 2.48. The first-order chi connectivity index (χ1) is 14.7. The van der Waals surface area contributed by atoms with Gasteiger partial charge in [-0.15, -0.1) is 0 Å². The molecule has 0 aromatic carbocycles. The molecule has 3 heterocycles. The summed E-state index contributed by atoms with van der Waals surface area (Å²) in [5, 5.41) is 10.7. The standard InChI is InChI=1S/C22H34N8O/c1-22(2)13-30(4)20(31)19(22)16-11-18(28-27-16)25-17-9-10-24-21(26-17)29(3)12-14-5-7-15(23)8-6-14/h9-11,14-15,19H,5-8,12-13,23H2,1-4H3,(H2,24,25,26,27,28). The lowest BCUT2D eigenvalue weighted by Crippen LogP contribution is -2.33. The van der Waals surface area contributed by atoms with Gasteiger partial charge >= 0.3 is 0 Å². The zero-order chi connectivity index (χ0) is 22.2. The summed E-state index contributed by atoms with van der Waals surface area (Å²) in [6, 6.07) is 4.08. The molecule has 1 aliphatic carbocycles. The molecule has 2 fully saturated rings. The summed E-state index contributed by atoms with van der Waals surface area (Å²) in [5.74, 6) is 2.52. The largest absolute Gasteiger partial charge is 0.345 e. The Hall–Kier alpha value is -2.68. The van der Waals surface area contributed by atoms with Crippen molar-refractivity contribution in [2.45, 2.75) is 51.5 Å². The van der Waals surface area contributed by atoms with Crippen molar-refractivity contribution in [3.63, 3.8) is 0 Å². The highest BCUT2D eigenvalue weighted by Crippen LogP contribution is 2.42. The number of hydrogen-bond donors (Lipinski definition) is 3. The van der Waals surface area contributed by atoms with E-state index in [0.29, 0.717) is 29.5 Å². The number of H-pyrrole nitrogens is 1. The first kappa shape index (κ1) is 21.5. The third-order valence-electron chi connectivity index (χ3n) is 6.62. The molecule has 9 nitrogen and oxygen atoms in total. The maximum atomic E-state index is 12.6. The summed E-state index contributed by atoms with van der Waals surface area (Å²) < 4.78 is 0. The van der Waals surface area contributed by atoms with Crippen LogP contribution in [-0.4, -0.2) is 64.2 Å². The number of hydrogen-bond acceptors (Lipinski definition) is 7. The van der Waals surface area contributed by atoms with Crippen LogP contribution in [0.3, 0.4) is 0 Å². The Labute approximate surface area is 183 Å². The van der Waals surface area contributed by atoms with E-state index < -0.39 is 0 Å². The summed E-state index contributed by atoms with van der Waals surface area (Å²) in [6.45, 7) is 5.88. The van der Waals surface area contributed by atoms with Gasteiger partial charge in [0.25, 0.3) is 0 Å². The van der Waals surface area contributed by atoms with Crippen molar-refractivity contribution in [3.05, 3.63) is 24.0 Å². The first-order valence-electron chi connectivity index (χ1n) is 11.1. The topological polar surface area (TPSA) is 116 Å². The fraction of sp³-hybridized carbons (Fsp3) is 0.636. The molecule has 4 rings (SSSR count). The maximum Gasteiger partial charge on any atom is 0.232 e. The number of aromatic amines is 1. The van der Waals surface area contributed by atoms with Gasteiger partial charge in [0.2, 0.25) is 11.9 Å². The van der Waals surface area contributed by atoms with Crippen LogP contribution in [0.1, 0.15) is 51.1 Å². The smallest absolute Gasteiger partial charge is 0.232 e. The van der Waals surface area contributed by atoms with E-state index in [2.05, 4.69) is 44.2 Å². The van der Waals surface area contributed by atoms with E-state index in [-0.39, 0.29) is 17.2 Å². The summed E-state index contributed by atoms with van der Waals surface area (Å²) in [5.41, 5.74) is 6.70. The second kappa shape index (κ2) is 8.45. The number of amides is 1. The lowest BCUT2D eigenvalue weighted by atomic mass is 9.80. The van der Waals surface area contributed by atoms with Crippen molar-refractivity contribution < 1.29 is 4.79 Å². The number of rotatable bonds is 6. The highest BCUT2D eigenvalue weighted by Gasteiger charge is 2.46. The fourth-order valence-electron chi connectivity index (χ4n) is 5.01. The van der Waals surface area contributed by atoms with Crippen LogP contribution in [0.4, 0.5) is 17.6 Å². The fourth-order valence-corrected chi connectivity index (χ4v) is 5.01. The van der Waals surface area contributed by atoms with Gasteiger partial charge in [0.15, 0.2) is 5.82 Å². The monoisotopic (exact) mass is 426 g/mol. The van der Waals surface area contributed by atoms with E-state index in [1.54, 1.807) is 11.1 Å². The second-order valence-corrected chi connectivity index (χ2v) is 9.85. The predicted molar refractivity (Wildman–Crippen MR) is 121 cm³/mol. The minimum atomic E-state index is -0.226.